The highest BCUT2D eigenvalue weighted by Crippen LogP contribution is 2.34. The third kappa shape index (κ3) is 6.82. The number of hydrogen-bond donors (Lipinski definition) is 0. The second kappa shape index (κ2) is 12.0. The van der Waals surface area contributed by atoms with Gasteiger partial charge in [0.1, 0.15) is 5.75 Å². The van der Waals surface area contributed by atoms with Crippen molar-refractivity contribution in [2.45, 2.75) is 53.4 Å². The van der Waals surface area contributed by atoms with Crippen molar-refractivity contribution in [2.75, 3.05) is 7.11 Å². The number of para-hydroxylation sites is 2. The number of benzene rings is 3. The van der Waals surface area contributed by atoms with Gasteiger partial charge < -0.3 is 4.74 Å². The summed E-state index contributed by atoms with van der Waals surface area (Å²) in [6.07, 6.45) is 0.447. The molecule has 0 fully saturated rings. The number of nitro groups is 1. The highest BCUT2D eigenvalue weighted by atomic mass is 16.6. The van der Waals surface area contributed by atoms with Crippen LogP contribution in [0.1, 0.15) is 58.2 Å². The van der Waals surface area contributed by atoms with Gasteiger partial charge in [0.25, 0.3) is 5.69 Å². The smallest absolute Gasteiger partial charge is 0.269 e. The van der Waals surface area contributed by atoms with Crippen molar-refractivity contribution in [2.24, 2.45) is 15.9 Å². The molecule has 3 aromatic carbocycles. The molecule has 0 heterocycles. The Hall–Kier alpha value is -4.06. The first-order valence-electron chi connectivity index (χ1n) is 12.7. The number of rotatable bonds is 9. The molecule has 6 heteroatoms. The number of nitrogens with zero attached hydrogens (tertiary/aromatic N) is 3. The Morgan fingerprint density at radius 2 is 1.53 bits per heavy atom. The Morgan fingerprint density at radius 1 is 0.947 bits per heavy atom. The number of hydrogen-bond acceptors (Lipinski definition) is 5. The quantitative estimate of drug-likeness (QED) is 0.164. The number of ether oxygens (including phenoxy) is 1. The van der Waals surface area contributed by atoms with Gasteiger partial charge in [-0.1, -0.05) is 63.7 Å². The van der Waals surface area contributed by atoms with Gasteiger partial charge in [-0.05, 0) is 61.9 Å². The molecule has 0 aliphatic carbocycles. The fourth-order valence-electron chi connectivity index (χ4n) is 4.53. The van der Waals surface area contributed by atoms with E-state index in [1.165, 1.54) is 6.07 Å². The van der Waals surface area contributed by atoms with Gasteiger partial charge in [0, 0.05) is 40.6 Å². The fraction of sp³-hybridized carbons (Fsp3) is 0.312. The van der Waals surface area contributed by atoms with Crippen LogP contribution in [0.2, 0.25) is 0 Å². The summed E-state index contributed by atoms with van der Waals surface area (Å²) in [7, 11) is 1.57. The Balaban J connectivity index is 2.18. The van der Waals surface area contributed by atoms with E-state index in [1.807, 2.05) is 63.2 Å². The lowest BCUT2D eigenvalue weighted by molar-refractivity contribution is -0.384. The molecule has 1 atom stereocenters. The largest absolute Gasteiger partial charge is 0.496 e. The molecule has 0 saturated carbocycles. The minimum absolute atomic E-state index is 0.0226. The topological polar surface area (TPSA) is 77.1 Å². The van der Waals surface area contributed by atoms with Crippen LogP contribution in [0.4, 0.5) is 17.1 Å². The van der Waals surface area contributed by atoms with E-state index < -0.39 is 0 Å². The molecule has 0 aliphatic heterocycles. The molecule has 0 bridgehead atoms. The van der Waals surface area contributed by atoms with Crippen molar-refractivity contribution in [1.82, 2.24) is 0 Å². The normalized spacial score (nSPS) is 13.2. The molecular weight excluding hydrogens is 474 g/mol. The average molecular weight is 512 g/mol. The molecule has 0 radical (unpaired) electrons. The van der Waals surface area contributed by atoms with E-state index in [9.17, 15) is 10.1 Å². The summed E-state index contributed by atoms with van der Waals surface area (Å²) in [4.78, 5) is 21.3. The monoisotopic (exact) mass is 511 g/mol. The Kier molecular flexibility index (Phi) is 9.00. The molecule has 3 aromatic rings. The molecule has 0 aromatic heterocycles. The van der Waals surface area contributed by atoms with Crippen LogP contribution in [0.25, 0.3) is 5.57 Å². The van der Waals surface area contributed by atoms with E-state index in [-0.39, 0.29) is 21.9 Å². The predicted molar refractivity (Wildman–Crippen MR) is 159 cm³/mol. The molecule has 0 amide bonds. The van der Waals surface area contributed by atoms with Gasteiger partial charge in [-0.2, -0.15) is 0 Å². The zero-order chi connectivity index (χ0) is 28.0. The molecule has 3 rings (SSSR count). The van der Waals surface area contributed by atoms with Gasteiger partial charge in [0.2, 0.25) is 0 Å². The van der Waals surface area contributed by atoms with Crippen molar-refractivity contribution >= 4 is 34.1 Å². The molecule has 0 spiro atoms. The predicted octanol–water partition coefficient (Wildman–Crippen LogP) is 8.68. The second-order valence-corrected chi connectivity index (χ2v) is 10.6. The van der Waals surface area contributed by atoms with Crippen LogP contribution in [0, 0.1) is 16.0 Å². The molecule has 38 heavy (non-hydrogen) atoms. The Morgan fingerprint density at radius 3 is 2.11 bits per heavy atom. The van der Waals surface area contributed by atoms with Gasteiger partial charge in [0.15, 0.2) is 0 Å². The Labute approximate surface area is 226 Å². The van der Waals surface area contributed by atoms with Gasteiger partial charge in [0.05, 0.1) is 23.4 Å². The molecule has 0 aliphatic rings. The summed E-state index contributed by atoms with van der Waals surface area (Å²) in [5, 5.41) is 11.5. The van der Waals surface area contributed by atoms with Crippen molar-refractivity contribution in [3.63, 3.8) is 0 Å². The summed E-state index contributed by atoms with van der Waals surface area (Å²) in [5.41, 5.74) is 7.18. The maximum Gasteiger partial charge on any atom is 0.269 e. The summed E-state index contributed by atoms with van der Waals surface area (Å²) in [6.45, 7) is 16.6. The molecule has 1 unspecified atom stereocenters. The van der Waals surface area contributed by atoms with Crippen molar-refractivity contribution < 1.29 is 9.66 Å². The fourth-order valence-corrected chi connectivity index (χ4v) is 4.53. The van der Waals surface area contributed by atoms with Crippen LogP contribution in [0.15, 0.2) is 83.3 Å². The lowest BCUT2D eigenvalue weighted by atomic mass is 9.85. The maximum atomic E-state index is 11.5. The zero-order valence-electron chi connectivity index (χ0n) is 23.4. The van der Waals surface area contributed by atoms with Gasteiger partial charge >= 0.3 is 0 Å². The summed E-state index contributed by atoms with van der Waals surface area (Å²) in [5.74, 6) is 0.371. The lowest BCUT2D eigenvalue weighted by Gasteiger charge is -2.23. The first-order chi connectivity index (χ1) is 17.9. The number of nitro benzene ring substituents is 1. The third-order valence-electron chi connectivity index (χ3n) is 6.58. The number of allylic oxidation sites excluding steroid dienone is 1. The first kappa shape index (κ1) is 28.5. The van der Waals surface area contributed by atoms with Crippen LogP contribution in [0.3, 0.4) is 0 Å². The van der Waals surface area contributed by atoms with Crippen LogP contribution < -0.4 is 4.74 Å². The molecule has 0 saturated heterocycles. The van der Waals surface area contributed by atoms with Gasteiger partial charge in [-0.3, -0.25) is 20.1 Å². The lowest BCUT2D eigenvalue weighted by Crippen LogP contribution is -2.23. The van der Waals surface area contributed by atoms with Crippen LogP contribution in [0.5, 0.6) is 5.75 Å². The van der Waals surface area contributed by atoms with E-state index in [1.54, 1.807) is 19.2 Å². The second-order valence-electron chi connectivity index (χ2n) is 10.6. The van der Waals surface area contributed by atoms with Crippen LogP contribution in [-0.2, 0) is 11.8 Å². The Bertz CT molecular complexity index is 1400. The summed E-state index contributed by atoms with van der Waals surface area (Å²) in [6, 6.07) is 20.7. The standard InChI is InChI=1S/C32H37N3O3/c1-21(2)26-13-9-11-15-29(26)33-22(3)27(20-24-19-25(35(36)37)17-18-31(24)38-8)23(4)34-30-16-12-10-14-28(30)32(5,6)7/h9-19,27H,1,20H2,2-8H3/b33-22+,34-23+. The molecular formula is C32H37N3O3. The minimum atomic E-state index is -0.386. The van der Waals surface area contributed by atoms with E-state index in [2.05, 4.69) is 33.4 Å². The van der Waals surface area contributed by atoms with Crippen molar-refractivity contribution in [1.29, 1.82) is 0 Å². The first-order valence-corrected chi connectivity index (χ1v) is 12.7. The van der Waals surface area contributed by atoms with Crippen molar-refractivity contribution in [3.8, 4) is 5.75 Å². The van der Waals surface area contributed by atoms with Gasteiger partial charge in [-0.25, -0.2) is 0 Å². The average Bonchev–Trinajstić information content (AvgIpc) is 2.86. The molecule has 198 valence electrons. The molecule has 6 nitrogen and oxygen atoms in total. The van der Waals surface area contributed by atoms with E-state index in [0.29, 0.717) is 12.2 Å². The van der Waals surface area contributed by atoms with E-state index in [0.717, 1.165) is 45.1 Å². The highest BCUT2D eigenvalue weighted by Gasteiger charge is 2.23. The molecule has 0 N–H and O–H groups in total. The minimum Gasteiger partial charge on any atom is -0.496 e. The third-order valence-corrected chi connectivity index (χ3v) is 6.58. The van der Waals surface area contributed by atoms with Crippen LogP contribution >= 0.6 is 0 Å². The number of methoxy groups -OCH3 is 1. The van der Waals surface area contributed by atoms with E-state index >= 15 is 0 Å². The number of aliphatic imine (C=N–C) groups is 2. The van der Waals surface area contributed by atoms with E-state index in [4.69, 9.17) is 14.7 Å². The maximum absolute atomic E-state index is 11.5. The van der Waals surface area contributed by atoms with Crippen molar-refractivity contribution in [3.05, 3.63) is 100 Å². The number of non-ortho nitro benzene ring substituents is 1. The zero-order valence-corrected chi connectivity index (χ0v) is 23.4. The van der Waals surface area contributed by atoms with Crippen LogP contribution in [-0.4, -0.2) is 23.5 Å². The summed E-state index contributed by atoms with van der Waals surface area (Å²) >= 11 is 0. The SMILES string of the molecule is C=C(C)c1ccccc1/N=C(\C)C(Cc1cc([N+](=O)[O-])ccc1OC)/C(C)=N/c1ccccc1C(C)(C)C. The summed E-state index contributed by atoms with van der Waals surface area (Å²) < 4.78 is 5.58. The van der Waals surface area contributed by atoms with Gasteiger partial charge in [-0.15, -0.1) is 0 Å². The highest BCUT2D eigenvalue weighted by molar-refractivity contribution is 6.07.